The number of rotatable bonds is 5. The van der Waals surface area contributed by atoms with E-state index in [1.165, 1.54) is 12.1 Å². The Kier molecular flexibility index (Phi) is 5.09. The lowest BCUT2D eigenvalue weighted by atomic mass is 9.63. The minimum atomic E-state index is -4.73. The first kappa shape index (κ1) is 23.2. The van der Waals surface area contributed by atoms with Crippen molar-refractivity contribution in [2.24, 2.45) is 35.5 Å². The van der Waals surface area contributed by atoms with Crippen LogP contribution in [0.1, 0.15) is 22.3 Å². The van der Waals surface area contributed by atoms with Crippen LogP contribution >= 0.6 is 11.6 Å². The molecule has 5 aliphatic rings. The topological polar surface area (TPSA) is 63.7 Å². The van der Waals surface area contributed by atoms with E-state index < -0.39 is 58.6 Å². The molecule has 10 heteroatoms. The highest BCUT2D eigenvalue weighted by atomic mass is 35.5. The Labute approximate surface area is 207 Å². The molecule has 1 heterocycles. The van der Waals surface area contributed by atoms with E-state index in [4.69, 9.17) is 16.3 Å². The Hall–Kier alpha value is -3.20. The zero-order valence-electron chi connectivity index (χ0n) is 18.5. The number of imide groups is 1. The summed E-state index contributed by atoms with van der Waals surface area (Å²) in [6, 6.07) is 6.23. The van der Waals surface area contributed by atoms with Gasteiger partial charge in [-0.25, -0.2) is 9.29 Å². The average molecular weight is 520 g/mol. The normalized spacial score (nSPS) is 29.9. The fraction of sp³-hybridized carbons (Fsp3) is 0.346. The Balaban J connectivity index is 1.17. The Morgan fingerprint density at radius 2 is 1.64 bits per heavy atom. The molecular formula is C26H18ClF4NO4. The number of hydrogen-bond acceptors (Lipinski definition) is 4. The van der Waals surface area contributed by atoms with E-state index in [1.807, 2.05) is 12.2 Å². The molecule has 2 amide bonds. The monoisotopic (exact) mass is 519 g/mol. The third-order valence-corrected chi connectivity index (χ3v) is 8.12. The number of amides is 2. The van der Waals surface area contributed by atoms with E-state index in [-0.39, 0.29) is 28.8 Å². The van der Waals surface area contributed by atoms with Crippen molar-refractivity contribution in [1.82, 2.24) is 0 Å². The summed E-state index contributed by atoms with van der Waals surface area (Å²) in [5.74, 6) is -2.60. The second-order valence-corrected chi connectivity index (χ2v) is 10.1. The first-order chi connectivity index (χ1) is 17.1. The second kappa shape index (κ2) is 7.90. The quantitative estimate of drug-likeness (QED) is 0.232. The summed E-state index contributed by atoms with van der Waals surface area (Å²) < 4.78 is 59.5. The summed E-state index contributed by atoms with van der Waals surface area (Å²) in [4.78, 5) is 39.6. The molecule has 7 rings (SSSR count). The molecule has 5 nitrogen and oxygen atoms in total. The molecule has 3 fully saturated rings. The molecule has 36 heavy (non-hydrogen) atoms. The molecule has 0 N–H and O–H groups in total. The fourth-order valence-corrected chi connectivity index (χ4v) is 6.33. The van der Waals surface area contributed by atoms with Crippen LogP contribution in [0, 0.1) is 41.3 Å². The number of allylic oxidation sites excluding steroid dienone is 2. The van der Waals surface area contributed by atoms with Crippen LogP contribution in [0.25, 0.3) is 0 Å². The number of ketones is 1. The minimum absolute atomic E-state index is 0.00820. The van der Waals surface area contributed by atoms with Gasteiger partial charge in [0, 0.05) is 11.6 Å². The Morgan fingerprint density at radius 3 is 2.22 bits per heavy atom. The lowest BCUT2D eigenvalue weighted by Gasteiger charge is -2.37. The van der Waals surface area contributed by atoms with Gasteiger partial charge in [0.25, 0.3) is 0 Å². The third kappa shape index (κ3) is 3.47. The highest BCUT2D eigenvalue weighted by Crippen LogP contribution is 2.65. The Morgan fingerprint density at radius 1 is 1.00 bits per heavy atom. The second-order valence-electron chi connectivity index (χ2n) is 9.68. The number of hydrogen-bond donors (Lipinski definition) is 0. The van der Waals surface area contributed by atoms with Crippen molar-refractivity contribution in [1.29, 1.82) is 0 Å². The molecular weight excluding hydrogens is 502 g/mol. The van der Waals surface area contributed by atoms with Crippen LogP contribution in [0.15, 0.2) is 48.6 Å². The predicted molar refractivity (Wildman–Crippen MR) is 120 cm³/mol. The van der Waals surface area contributed by atoms with Gasteiger partial charge >= 0.3 is 6.18 Å². The summed E-state index contributed by atoms with van der Waals surface area (Å²) in [7, 11) is 0. The van der Waals surface area contributed by atoms with Crippen LogP contribution in [-0.2, 0) is 15.8 Å². The van der Waals surface area contributed by atoms with Crippen LogP contribution in [0.4, 0.5) is 23.2 Å². The number of carbonyl (C=O) groups excluding carboxylic acids is 3. The minimum Gasteiger partial charge on any atom is -0.485 e. The zero-order chi connectivity index (χ0) is 25.5. The van der Waals surface area contributed by atoms with Gasteiger partial charge in [0.15, 0.2) is 18.2 Å². The average Bonchev–Trinajstić information content (AvgIpc) is 3.61. The van der Waals surface area contributed by atoms with Gasteiger partial charge < -0.3 is 4.74 Å². The van der Waals surface area contributed by atoms with E-state index in [1.54, 1.807) is 0 Å². The van der Waals surface area contributed by atoms with Crippen LogP contribution in [0.2, 0.25) is 5.02 Å². The van der Waals surface area contributed by atoms with Gasteiger partial charge in [-0.3, -0.25) is 14.4 Å². The molecule has 1 saturated heterocycles. The van der Waals surface area contributed by atoms with E-state index in [0.717, 1.165) is 29.5 Å². The van der Waals surface area contributed by atoms with Crippen molar-refractivity contribution in [2.75, 3.05) is 11.5 Å². The highest BCUT2D eigenvalue weighted by molar-refractivity contribution is 6.31. The molecule has 2 aromatic rings. The van der Waals surface area contributed by atoms with Crippen LogP contribution in [0.3, 0.4) is 0 Å². The molecule has 2 bridgehead atoms. The largest absolute Gasteiger partial charge is 0.485 e. The summed E-state index contributed by atoms with van der Waals surface area (Å²) in [6.45, 7) is -0.652. The lowest BCUT2D eigenvalue weighted by molar-refractivity contribution is -0.137. The van der Waals surface area contributed by atoms with Crippen LogP contribution in [-0.4, -0.2) is 24.2 Å². The lowest BCUT2D eigenvalue weighted by Crippen LogP contribution is -2.40. The number of nitrogens with zero attached hydrogens (tertiary/aromatic N) is 1. The van der Waals surface area contributed by atoms with Crippen molar-refractivity contribution in [2.45, 2.75) is 12.6 Å². The Bertz CT molecular complexity index is 1320. The van der Waals surface area contributed by atoms with Crippen molar-refractivity contribution < 1.29 is 36.7 Å². The molecule has 1 aliphatic heterocycles. The molecule has 186 valence electrons. The van der Waals surface area contributed by atoms with Crippen LogP contribution < -0.4 is 9.64 Å². The molecule has 6 atom stereocenters. The standard InChI is InChI=1S/C26H18ClF4NO4/c27-18-5-1-11(7-17(18)26(29,30)31)21(33)10-36-12-2-6-20(19(28)8-12)32-24(34)22-13-3-4-14(16-9-15(13)16)23(22)25(32)35/h1-8,13-16,22-23H,9-10H2/t13-,14?,15?,16-,22?,23?/m1/s1. The highest BCUT2D eigenvalue weighted by Gasteiger charge is 2.67. The van der Waals surface area contributed by atoms with Crippen molar-refractivity contribution in [3.63, 3.8) is 0 Å². The summed E-state index contributed by atoms with van der Waals surface area (Å²) in [5.41, 5.74) is -1.59. The van der Waals surface area contributed by atoms with Gasteiger partial charge in [0.1, 0.15) is 5.75 Å². The summed E-state index contributed by atoms with van der Waals surface area (Å²) in [6.07, 6.45) is 0.336. The van der Waals surface area contributed by atoms with Crippen LogP contribution in [0.5, 0.6) is 5.75 Å². The van der Waals surface area contributed by atoms with Gasteiger partial charge in [0.05, 0.1) is 28.1 Å². The zero-order valence-corrected chi connectivity index (χ0v) is 19.2. The smallest absolute Gasteiger partial charge is 0.417 e. The fourth-order valence-electron chi connectivity index (χ4n) is 6.10. The van der Waals surface area contributed by atoms with Crippen molar-refractivity contribution >= 4 is 34.9 Å². The molecule has 4 unspecified atom stereocenters. The van der Waals surface area contributed by atoms with Gasteiger partial charge in [-0.1, -0.05) is 23.8 Å². The number of Topliss-reactive ketones (excluding diaryl/α,β-unsaturated/α-hetero) is 1. The molecule has 2 aromatic carbocycles. The maximum absolute atomic E-state index is 15.0. The van der Waals surface area contributed by atoms with E-state index >= 15 is 4.39 Å². The first-order valence-electron chi connectivity index (χ1n) is 11.4. The number of carbonyl (C=O) groups is 3. The van der Waals surface area contributed by atoms with E-state index in [9.17, 15) is 27.6 Å². The first-order valence-corrected chi connectivity index (χ1v) is 11.8. The molecule has 4 aliphatic carbocycles. The predicted octanol–water partition coefficient (Wildman–Crippen LogP) is 5.32. The van der Waals surface area contributed by atoms with Crippen molar-refractivity contribution in [3.05, 3.63) is 70.5 Å². The maximum Gasteiger partial charge on any atom is 0.417 e. The maximum atomic E-state index is 15.0. The van der Waals surface area contributed by atoms with Gasteiger partial charge in [-0.2, -0.15) is 13.2 Å². The number of anilines is 1. The molecule has 0 spiro atoms. The summed E-state index contributed by atoms with van der Waals surface area (Å²) >= 11 is 5.57. The number of ether oxygens (including phenoxy) is 1. The molecule has 2 saturated carbocycles. The summed E-state index contributed by atoms with van der Waals surface area (Å²) in [5, 5.41) is -0.538. The van der Waals surface area contributed by atoms with E-state index in [2.05, 4.69) is 0 Å². The van der Waals surface area contributed by atoms with Gasteiger partial charge in [-0.05, 0) is 60.4 Å². The van der Waals surface area contributed by atoms with Crippen molar-refractivity contribution in [3.8, 4) is 5.75 Å². The van der Waals surface area contributed by atoms with E-state index in [0.29, 0.717) is 17.9 Å². The third-order valence-electron chi connectivity index (χ3n) is 7.79. The number of alkyl halides is 3. The number of benzene rings is 2. The molecule has 0 aromatic heterocycles. The molecule has 0 radical (unpaired) electrons. The van der Waals surface area contributed by atoms with Gasteiger partial charge in [0.2, 0.25) is 11.8 Å². The SMILES string of the molecule is O=C(COc1ccc(N2C(=O)C3C(C2=O)[C@@H]2C=CC3[C@H]3CC23)c(F)c1)c1ccc(Cl)c(C(F)(F)F)c1. The number of halogens is 5. The van der Waals surface area contributed by atoms with Gasteiger partial charge in [-0.15, -0.1) is 0 Å².